The van der Waals surface area contributed by atoms with Crippen molar-refractivity contribution in [3.8, 4) is 0 Å². The van der Waals surface area contributed by atoms with Gasteiger partial charge in [0, 0.05) is 14.3 Å². The van der Waals surface area contributed by atoms with E-state index in [4.69, 9.17) is 0 Å². The zero-order valence-corrected chi connectivity index (χ0v) is 16.9. The number of hydrogen-bond donors (Lipinski definition) is 2. The third kappa shape index (κ3) is 5.21. The quantitative estimate of drug-likeness (QED) is 0.527. The van der Waals surface area contributed by atoms with Gasteiger partial charge >= 0.3 is 11.8 Å². The highest BCUT2D eigenvalue weighted by Gasteiger charge is 2.17. The minimum atomic E-state index is -0.723. The topological polar surface area (TPSA) is 58.2 Å². The molecule has 2 N–H and O–H groups in total. The van der Waals surface area contributed by atoms with Crippen LogP contribution in [0.5, 0.6) is 0 Å². The molecule has 0 fully saturated rings. The van der Waals surface area contributed by atoms with E-state index in [0.717, 1.165) is 19.8 Å². The number of carbonyl (C=O) groups excluding carboxylic acids is 2. The molecule has 6 heteroatoms. The first-order valence-corrected chi connectivity index (χ1v) is 9.84. The van der Waals surface area contributed by atoms with Crippen LogP contribution >= 0.6 is 27.7 Å². The van der Waals surface area contributed by atoms with Crippen molar-refractivity contribution in [1.29, 1.82) is 0 Å². The summed E-state index contributed by atoms with van der Waals surface area (Å²) in [6.07, 6.45) is 0. The van der Waals surface area contributed by atoms with Crippen LogP contribution in [0.1, 0.15) is 5.56 Å². The number of amides is 2. The predicted octanol–water partition coefficient (Wildman–Crippen LogP) is 5.49. The normalized spacial score (nSPS) is 10.3. The largest absolute Gasteiger partial charge is 0.317 e. The van der Waals surface area contributed by atoms with Crippen molar-refractivity contribution in [1.82, 2.24) is 0 Å². The van der Waals surface area contributed by atoms with E-state index in [9.17, 15) is 9.59 Å². The van der Waals surface area contributed by atoms with Gasteiger partial charge in [0.15, 0.2) is 0 Å². The van der Waals surface area contributed by atoms with Crippen LogP contribution in [0.15, 0.2) is 87.1 Å². The average molecular weight is 441 g/mol. The van der Waals surface area contributed by atoms with E-state index in [1.165, 1.54) is 11.8 Å². The first-order valence-electron chi connectivity index (χ1n) is 8.23. The molecule has 4 nitrogen and oxygen atoms in total. The van der Waals surface area contributed by atoms with Gasteiger partial charge in [0.25, 0.3) is 0 Å². The standard InChI is InChI=1S/C21H17BrN2O2S/c1-14-11-12-17(16(22)13-14)23-20(25)21(26)24-18-9-5-6-10-19(18)27-15-7-3-2-4-8-15/h2-13H,1H3,(H,23,25)(H,24,26). The lowest BCUT2D eigenvalue weighted by atomic mass is 10.2. The van der Waals surface area contributed by atoms with E-state index in [0.29, 0.717) is 11.4 Å². The van der Waals surface area contributed by atoms with E-state index in [2.05, 4.69) is 26.6 Å². The number of rotatable bonds is 4. The molecule has 136 valence electrons. The summed E-state index contributed by atoms with van der Waals surface area (Å²) in [5.74, 6) is -1.44. The average Bonchev–Trinajstić information content (AvgIpc) is 2.66. The SMILES string of the molecule is Cc1ccc(NC(=O)C(=O)Nc2ccccc2Sc2ccccc2)c(Br)c1. The van der Waals surface area contributed by atoms with E-state index < -0.39 is 11.8 Å². The second-order valence-corrected chi connectivity index (χ2v) is 7.77. The molecule has 0 aliphatic carbocycles. The first-order chi connectivity index (χ1) is 13.0. The molecule has 0 heterocycles. The Morgan fingerprint density at radius 2 is 1.44 bits per heavy atom. The maximum absolute atomic E-state index is 12.4. The summed E-state index contributed by atoms with van der Waals surface area (Å²) in [6, 6.07) is 22.7. The Morgan fingerprint density at radius 3 is 2.15 bits per heavy atom. The van der Waals surface area contributed by atoms with Crippen molar-refractivity contribution in [3.63, 3.8) is 0 Å². The summed E-state index contributed by atoms with van der Waals surface area (Å²) >= 11 is 4.91. The Balaban J connectivity index is 1.71. The summed E-state index contributed by atoms with van der Waals surface area (Å²) in [5.41, 5.74) is 2.19. The molecule has 0 saturated carbocycles. The predicted molar refractivity (Wildman–Crippen MR) is 113 cm³/mol. The van der Waals surface area contributed by atoms with Gasteiger partial charge in [-0.3, -0.25) is 9.59 Å². The van der Waals surface area contributed by atoms with Gasteiger partial charge < -0.3 is 10.6 Å². The Morgan fingerprint density at radius 1 is 0.815 bits per heavy atom. The monoisotopic (exact) mass is 440 g/mol. The van der Waals surface area contributed by atoms with Gasteiger partial charge in [0.1, 0.15) is 0 Å². The fourth-order valence-electron chi connectivity index (χ4n) is 2.35. The van der Waals surface area contributed by atoms with E-state index in [-0.39, 0.29) is 0 Å². The van der Waals surface area contributed by atoms with Crippen molar-refractivity contribution in [2.24, 2.45) is 0 Å². The molecule has 0 unspecified atom stereocenters. The van der Waals surface area contributed by atoms with Crippen LogP contribution in [-0.2, 0) is 9.59 Å². The summed E-state index contributed by atoms with van der Waals surface area (Å²) < 4.78 is 0.726. The number of aryl methyl sites for hydroxylation is 1. The summed E-state index contributed by atoms with van der Waals surface area (Å²) in [5, 5.41) is 5.32. The number of benzene rings is 3. The fourth-order valence-corrected chi connectivity index (χ4v) is 3.87. The molecule has 0 bridgehead atoms. The number of nitrogens with one attached hydrogen (secondary N) is 2. The van der Waals surface area contributed by atoms with Crippen molar-refractivity contribution in [2.75, 3.05) is 10.6 Å². The molecule has 3 aromatic carbocycles. The Hall–Kier alpha value is -2.57. The molecule has 0 atom stereocenters. The molecule has 0 spiro atoms. The molecule has 27 heavy (non-hydrogen) atoms. The van der Waals surface area contributed by atoms with Gasteiger partial charge in [-0.2, -0.15) is 0 Å². The molecule has 0 saturated heterocycles. The van der Waals surface area contributed by atoms with Crippen LogP contribution in [0, 0.1) is 6.92 Å². The molecular formula is C21H17BrN2O2S. The summed E-state index contributed by atoms with van der Waals surface area (Å²) in [7, 11) is 0. The molecule has 0 radical (unpaired) electrons. The van der Waals surface area contributed by atoms with Gasteiger partial charge in [-0.25, -0.2) is 0 Å². The summed E-state index contributed by atoms with van der Waals surface area (Å²) in [6.45, 7) is 1.95. The van der Waals surface area contributed by atoms with E-state index >= 15 is 0 Å². The highest BCUT2D eigenvalue weighted by Crippen LogP contribution is 2.33. The fraction of sp³-hybridized carbons (Fsp3) is 0.0476. The van der Waals surface area contributed by atoms with Gasteiger partial charge in [0.05, 0.1) is 11.4 Å². The first kappa shape index (κ1) is 19.2. The molecule has 3 rings (SSSR count). The van der Waals surface area contributed by atoms with Crippen molar-refractivity contribution < 1.29 is 9.59 Å². The number of halogens is 1. The van der Waals surface area contributed by atoms with Crippen LogP contribution in [0.25, 0.3) is 0 Å². The van der Waals surface area contributed by atoms with Gasteiger partial charge in [-0.1, -0.05) is 48.2 Å². The second-order valence-electron chi connectivity index (χ2n) is 5.80. The van der Waals surface area contributed by atoms with Crippen molar-refractivity contribution >= 4 is 50.9 Å². The summed E-state index contributed by atoms with van der Waals surface area (Å²) in [4.78, 5) is 26.5. The molecule has 0 aromatic heterocycles. The van der Waals surface area contributed by atoms with Crippen molar-refractivity contribution in [2.45, 2.75) is 16.7 Å². The number of carbonyl (C=O) groups is 2. The molecule has 2 amide bonds. The minimum Gasteiger partial charge on any atom is -0.317 e. The molecule has 3 aromatic rings. The Labute approximate surface area is 170 Å². The lowest BCUT2D eigenvalue weighted by Crippen LogP contribution is -2.29. The van der Waals surface area contributed by atoms with Gasteiger partial charge in [-0.15, -0.1) is 0 Å². The smallest absolute Gasteiger partial charge is 0.314 e. The maximum Gasteiger partial charge on any atom is 0.314 e. The lowest BCUT2D eigenvalue weighted by molar-refractivity contribution is -0.133. The molecular weight excluding hydrogens is 424 g/mol. The number of para-hydroxylation sites is 1. The Bertz CT molecular complexity index is 977. The zero-order chi connectivity index (χ0) is 19.2. The molecule has 0 aliphatic heterocycles. The van der Waals surface area contributed by atoms with Crippen LogP contribution in [0.2, 0.25) is 0 Å². The van der Waals surface area contributed by atoms with E-state index in [1.807, 2.05) is 67.6 Å². The molecule has 0 aliphatic rings. The Kier molecular flexibility index (Phi) is 6.32. The lowest BCUT2D eigenvalue weighted by Gasteiger charge is -2.11. The third-order valence-corrected chi connectivity index (χ3v) is 5.43. The minimum absolute atomic E-state index is 0.549. The van der Waals surface area contributed by atoms with Gasteiger partial charge in [0.2, 0.25) is 0 Å². The number of anilines is 2. The number of hydrogen-bond acceptors (Lipinski definition) is 3. The third-order valence-electron chi connectivity index (χ3n) is 3.69. The van der Waals surface area contributed by atoms with Crippen LogP contribution in [0.3, 0.4) is 0 Å². The highest BCUT2D eigenvalue weighted by molar-refractivity contribution is 9.10. The van der Waals surface area contributed by atoms with Crippen LogP contribution in [-0.4, -0.2) is 11.8 Å². The van der Waals surface area contributed by atoms with Crippen molar-refractivity contribution in [3.05, 3.63) is 82.8 Å². The van der Waals surface area contributed by atoms with Gasteiger partial charge in [-0.05, 0) is 64.8 Å². The van der Waals surface area contributed by atoms with E-state index in [1.54, 1.807) is 12.1 Å². The highest BCUT2D eigenvalue weighted by atomic mass is 79.9. The second kappa shape index (κ2) is 8.88. The zero-order valence-electron chi connectivity index (χ0n) is 14.5. The van der Waals surface area contributed by atoms with Crippen LogP contribution in [0.4, 0.5) is 11.4 Å². The maximum atomic E-state index is 12.4. The van der Waals surface area contributed by atoms with Crippen LogP contribution < -0.4 is 10.6 Å².